The molecule has 11 nitrogen and oxygen atoms in total. The average Bonchev–Trinajstić information content (AvgIpc) is 3.50. The number of rotatable bonds is 8. The summed E-state index contributed by atoms with van der Waals surface area (Å²) in [4.78, 5) is 26.3. The number of anilines is 1. The lowest BCUT2D eigenvalue weighted by molar-refractivity contribution is -0.0440. The van der Waals surface area contributed by atoms with Crippen LogP contribution in [0.2, 0.25) is 0 Å². The quantitative estimate of drug-likeness (QED) is 0.276. The third-order valence-electron chi connectivity index (χ3n) is 6.76. The number of fused-ring (bicyclic) bond motifs is 1. The van der Waals surface area contributed by atoms with Crippen LogP contribution >= 0.6 is 0 Å². The summed E-state index contributed by atoms with van der Waals surface area (Å²) in [6, 6.07) is 12.1. The molecular formula is C27H30N6O5. The van der Waals surface area contributed by atoms with Crippen molar-refractivity contribution in [2.75, 3.05) is 19.0 Å². The standard InChI is InChI=1S/C27H30N6O5/c1-15-7-8-16(2)18(9-15)11-28-24-22-25(30-13-29-24)33(14-31-22)27-21(23(35)20(12-34)38-27)32-26(36)17-5-4-6-19(10-17)37-3/h4-10,13-14,20-21,23,27,34-35H,11-12H2,1-3H3,(H,32,36)(H,28,29,30)/t20-,21-,23-,27-/m1/s1. The highest BCUT2D eigenvalue weighted by molar-refractivity contribution is 5.95. The first kappa shape index (κ1) is 25.6. The normalized spacial score (nSPS) is 21.0. The number of nitrogens with zero attached hydrogens (tertiary/aromatic N) is 4. The largest absolute Gasteiger partial charge is 0.497 e. The fraction of sp³-hybridized carbons (Fsp3) is 0.333. The first-order valence-electron chi connectivity index (χ1n) is 12.3. The third-order valence-corrected chi connectivity index (χ3v) is 6.76. The number of imidazole rings is 1. The molecule has 5 rings (SSSR count). The molecule has 2 aromatic heterocycles. The van der Waals surface area contributed by atoms with Crippen molar-refractivity contribution in [2.24, 2.45) is 0 Å². The van der Waals surface area contributed by atoms with Gasteiger partial charge in [0.2, 0.25) is 0 Å². The van der Waals surface area contributed by atoms with Crippen LogP contribution in [0.5, 0.6) is 5.75 Å². The van der Waals surface area contributed by atoms with Crippen molar-refractivity contribution >= 4 is 22.9 Å². The van der Waals surface area contributed by atoms with Gasteiger partial charge in [0.1, 0.15) is 30.3 Å². The zero-order valence-corrected chi connectivity index (χ0v) is 21.3. The zero-order chi connectivity index (χ0) is 26.8. The van der Waals surface area contributed by atoms with Crippen LogP contribution in [0, 0.1) is 13.8 Å². The Hall–Kier alpha value is -4.06. The van der Waals surface area contributed by atoms with E-state index in [1.54, 1.807) is 28.8 Å². The summed E-state index contributed by atoms with van der Waals surface area (Å²) in [7, 11) is 1.52. The number of ether oxygens (including phenoxy) is 2. The second kappa shape index (κ2) is 10.7. The first-order chi connectivity index (χ1) is 18.4. The molecule has 3 heterocycles. The number of benzene rings is 2. The molecule has 38 heavy (non-hydrogen) atoms. The van der Waals surface area contributed by atoms with Crippen LogP contribution in [-0.2, 0) is 11.3 Å². The van der Waals surface area contributed by atoms with E-state index in [1.807, 2.05) is 6.92 Å². The van der Waals surface area contributed by atoms with Crippen molar-refractivity contribution in [3.05, 3.63) is 77.4 Å². The minimum Gasteiger partial charge on any atom is -0.497 e. The van der Waals surface area contributed by atoms with Gasteiger partial charge in [-0.1, -0.05) is 29.8 Å². The van der Waals surface area contributed by atoms with Crippen molar-refractivity contribution in [1.82, 2.24) is 24.8 Å². The highest BCUT2D eigenvalue weighted by Gasteiger charge is 2.46. The molecule has 1 aliphatic rings. The van der Waals surface area contributed by atoms with Gasteiger partial charge >= 0.3 is 0 Å². The van der Waals surface area contributed by atoms with Crippen LogP contribution in [0.15, 0.2) is 55.1 Å². The molecule has 0 radical (unpaired) electrons. The molecule has 4 aromatic rings. The summed E-state index contributed by atoms with van der Waals surface area (Å²) >= 11 is 0. The number of methoxy groups -OCH3 is 1. The molecule has 1 amide bonds. The second-order valence-corrected chi connectivity index (χ2v) is 9.30. The monoisotopic (exact) mass is 518 g/mol. The maximum atomic E-state index is 13.1. The molecule has 0 spiro atoms. The fourth-order valence-corrected chi connectivity index (χ4v) is 4.63. The van der Waals surface area contributed by atoms with Gasteiger partial charge in [0.15, 0.2) is 23.2 Å². The van der Waals surface area contributed by atoms with Crippen molar-refractivity contribution in [3.8, 4) is 5.75 Å². The maximum Gasteiger partial charge on any atom is 0.251 e. The van der Waals surface area contributed by atoms with Crippen LogP contribution in [0.4, 0.5) is 5.82 Å². The van der Waals surface area contributed by atoms with Crippen LogP contribution in [0.3, 0.4) is 0 Å². The molecule has 0 saturated carbocycles. The van der Waals surface area contributed by atoms with E-state index in [0.29, 0.717) is 34.8 Å². The van der Waals surface area contributed by atoms with Gasteiger partial charge in [-0.2, -0.15) is 0 Å². The Morgan fingerprint density at radius 1 is 1.16 bits per heavy atom. The van der Waals surface area contributed by atoms with Crippen molar-refractivity contribution in [3.63, 3.8) is 0 Å². The minimum atomic E-state index is -1.17. The summed E-state index contributed by atoms with van der Waals surface area (Å²) in [5, 5.41) is 26.9. The summed E-state index contributed by atoms with van der Waals surface area (Å²) < 4.78 is 12.8. The smallest absolute Gasteiger partial charge is 0.251 e. The number of aryl methyl sites for hydroxylation is 2. The maximum absolute atomic E-state index is 13.1. The molecule has 198 valence electrons. The number of amides is 1. The van der Waals surface area contributed by atoms with Gasteiger partial charge in [-0.25, -0.2) is 15.0 Å². The highest BCUT2D eigenvalue weighted by atomic mass is 16.5. The van der Waals surface area contributed by atoms with Gasteiger partial charge in [0.25, 0.3) is 5.91 Å². The fourth-order valence-electron chi connectivity index (χ4n) is 4.63. The molecule has 1 aliphatic heterocycles. The Kier molecular flexibility index (Phi) is 7.23. The molecule has 0 bridgehead atoms. The molecule has 11 heteroatoms. The summed E-state index contributed by atoms with van der Waals surface area (Å²) in [5.41, 5.74) is 4.81. The summed E-state index contributed by atoms with van der Waals surface area (Å²) in [6.45, 7) is 4.23. The predicted octanol–water partition coefficient (Wildman–Crippen LogP) is 2.11. The van der Waals surface area contributed by atoms with Crippen LogP contribution < -0.4 is 15.4 Å². The van der Waals surface area contributed by atoms with Crippen LogP contribution in [-0.4, -0.2) is 67.6 Å². The Morgan fingerprint density at radius 3 is 2.79 bits per heavy atom. The predicted molar refractivity (Wildman–Crippen MR) is 140 cm³/mol. The van der Waals surface area contributed by atoms with E-state index in [4.69, 9.17) is 9.47 Å². The van der Waals surface area contributed by atoms with Crippen molar-refractivity contribution in [2.45, 2.75) is 44.9 Å². The summed E-state index contributed by atoms with van der Waals surface area (Å²) in [6.07, 6.45) is 0.00982. The van der Waals surface area contributed by atoms with Crippen molar-refractivity contribution in [1.29, 1.82) is 0 Å². The van der Waals surface area contributed by atoms with E-state index in [2.05, 4.69) is 50.7 Å². The van der Waals surface area contributed by atoms with Gasteiger partial charge < -0.3 is 30.3 Å². The lowest BCUT2D eigenvalue weighted by Gasteiger charge is -2.23. The number of aliphatic hydroxyl groups excluding tert-OH is 2. The molecule has 0 unspecified atom stereocenters. The Morgan fingerprint density at radius 2 is 2.00 bits per heavy atom. The first-order valence-corrected chi connectivity index (χ1v) is 12.3. The third kappa shape index (κ3) is 4.91. The molecule has 4 atom stereocenters. The Labute approximate surface area is 219 Å². The van der Waals surface area contributed by atoms with E-state index in [1.165, 1.54) is 25.3 Å². The number of nitrogens with one attached hydrogen (secondary N) is 2. The van der Waals surface area contributed by atoms with E-state index in [9.17, 15) is 15.0 Å². The number of carbonyl (C=O) groups is 1. The molecule has 1 saturated heterocycles. The van der Waals surface area contributed by atoms with Gasteiger partial charge in [0.05, 0.1) is 20.0 Å². The van der Waals surface area contributed by atoms with Gasteiger partial charge in [-0.05, 0) is 43.2 Å². The lowest BCUT2D eigenvalue weighted by atomic mass is 10.1. The van der Waals surface area contributed by atoms with E-state index in [0.717, 1.165) is 11.1 Å². The van der Waals surface area contributed by atoms with Crippen LogP contribution in [0.25, 0.3) is 11.2 Å². The average molecular weight is 519 g/mol. The molecule has 4 N–H and O–H groups in total. The zero-order valence-electron chi connectivity index (χ0n) is 21.3. The van der Waals surface area contributed by atoms with E-state index in [-0.39, 0.29) is 0 Å². The number of aliphatic hydroxyl groups is 2. The van der Waals surface area contributed by atoms with Gasteiger partial charge in [-0.15, -0.1) is 0 Å². The van der Waals surface area contributed by atoms with E-state index >= 15 is 0 Å². The minimum absolute atomic E-state index is 0.360. The SMILES string of the molecule is COc1cccc(C(=O)N[C@@H]2[C@H](O)[C@@H](CO)O[C@H]2n2cnc3c(NCc4cc(C)ccc4C)ncnc32)c1. The molecule has 0 aliphatic carbocycles. The molecule has 1 fully saturated rings. The lowest BCUT2D eigenvalue weighted by Crippen LogP contribution is -2.46. The van der Waals surface area contributed by atoms with Gasteiger partial charge in [0, 0.05) is 12.1 Å². The molecular weight excluding hydrogens is 488 g/mol. The molecule has 2 aromatic carbocycles. The number of hydrogen-bond donors (Lipinski definition) is 4. The number of hydrogen-bond acceptors (Lipinski definition) is 9. The summed E-state index contributed by atoms with van der Waals surface area (Å²) in [5.74, 6) is 0.655. The van der Waals surface area contributed by atoms with Crippen molar-refractivity contribution < 1.29 is 24.5 Å². The Bertz CT molecular complexity index is 1460. The number of aromatic nitrogens is 4. The van der Waals surface area contributed by atoms with Crippen LogP contribution in [0.1, 0.15) is 33.3 Å². The Balaban J connectivity index is 1.42. The number of carbonyl (C=O) groups excluding carboxylic acids is 1. The topological polar surface area (TPSA) is 144 Å². The van der Waals surface area contributed by atoms with E-state index < -0.39 is 37.0 Å². The highest BCUT2D eigenvalue weighted by Crippen LogP contribution is 2.33. The van der Waals surface area contributed by atoms with Gasteiger partial charge in [-0.3, -0.25) is 9.36 Å². The second-order valence-electron chi connectivity index (χ2n) is 9.30.